The summed E-state index contributed by atoms with van der Waals surface area (Å²) in [5, 5.41) is 19.4. The summed E-state index contributed by atoms with van der Waals surface area (Å²) in [5.41, 5.74) is 7.43. The van der Waals surface area contributed by atoms with Crippen molar-refractivity contribution in [1.29, 1.82) is 0 Å². The van der Waals surface area contributed by atoms with E-state index < -0.39 is 18.2 Å². The van der Waals surface area contributed by atoms with Gasteiger partial charge in [0.25, 0.3) is 0 Å². The molecule has 5 nitrogen and oxygen atoms in total. The Labute approximate surface area is 99.8 Å². The van der Waals surface area contributed by atoms with Crippen LogP contribution in [-0.4, -0.2) is 28.9 Å². The molecule has 0 saturated carbocycles. The van der Waals surface area contributed by atoms with Gasteiger partial charge in [0.2, 0.25) is 0 Å². The summed E-state index contributed by atoms with van der Waals surface area (Å²) >= 11 is 0. The number of rotatable bonds is 4. The molecule has 0 heterocycles. The quantitative estimate of drug-likeness (QED) is 0.526. The van der Waals surface area contributed by atoms with Crippen LogP contribution in [-0.2, 0) is 9.53 Å². The first-order valence-electron chi connectivity index (χ1n) is 5.36. The predicted molar refractivity (Wildman–Crippen MR) is 63.2 cm³/mol. The Morgan fingerprint density at radius 1 is 1.47 bits per heavy atom. The van der Waals surface area contributed by atoms with Crippen LogP contribution in [0, 0.1) is 6.92 Å². The molecule has 0 saturated heterocycles. The second-order valence-electron chi connectivity index (χ2n) is 3.76. The highest BCUT2D eigenvalue weighted by molar-refractivity contribution is 5.75. The third kappa shape index (κ3) is 3.18. The SMILES string of the molecule is CCOC(=O)C(O)C(O)c1ccc(C)c(N)c1. The Hall–Kier alpha value is -1.59. The Morgan fingerprint density at radius 3 is 2.65 bits per heavy atom. The van der Waals surface area contributed by atoms with Crippen LogP contribution in [0.25, 0.3) is 0 Å². The third-order valence-electron chi connectivity index (χ3n) is 2.47. The Kier molecular flexibility index (Phi) is 4.48. The average molecular weight is 239 g/mol. The van der Waals surface area contributed by atoms with Gasteiger partial charge in [0.1, 0.15) is 6.10 Å². The van der Waals surface area contributed by atoms with Crippen molar-refractivity contribution in [2.24, 2.45) is 0 Å². The average Bonchev–Trinajstić information content (AvgIpc) is 2.31. The highest BCUT2D eigenvalue weighted by Gasteiger charge is 2.27. The number of ether oxygens (including phenoxy) is 1. The number of carbonyl (C=O) groups excluding carboxylic acids is 1. The normalized spacial score (nSPS) is 14.1. The zero-order valence-electron chi connectivity index (χ0n) is 9.88. The van der Waals surface area contributed by atoms with Gasteiger partial charge >= 0.3 is 5.97 Å². The van der Waals surface area contributed by atoms with Gasteiger partial charge < -0.3 is 20.7 Å². The fraction of sp³-hybridized carbons (Fsp3) is 0.417. The van der Waals surface area contributed by atoms with Crippen LogP contribution in [0.4, 0.5) is 5.69 Å². The molecule has 0 bridgehead atoms. The van der Waals surface area contributed by atoms with Crippen LogP contribution < -0.4 is 5.73 Å². The molecule has 2 atom stereocenters. The van der Waals surface area contributed by atoms with E-state index in [2.05, 4.69) is 4.74 Å². The van der Waals surface area contributed by atoms with E-state index in [4.69, 9.17) is 5.73 Å². The molecule has 1 rings (SSSR count). The van der Waals surface area contributed by atoms with Crippen molar-refractivity contribution in [3.8, 4) is 0 Å². The van der Waals surface area contributed by atoms with Crippen LogP contribution in [0.1, 0.15) is 24.2 Å². The zero-order chi connectivity index (χ0) is 13.0. The standard InChI is InChI=1S/C12H17NO4/c1-3-17-12(16)11(15)10(14)8-5-4-7(2)9(13)6-8/h4-6,10-11,14-15H,3,13H2,1-2H3. The van der Waals surface area contributed by atoms with Crippen LogP contribution in [0.5, 0.6) is 0 Å². The minimum atomic E-state index is -1.60. The van der Waals surface area contributed by atoms with E-state index in [1.54, 1.807) is 19.1 Å². The van der Waals surface area contributed by atoms with Crippen LogP contribution in [0.2, 0.25) is 0 Å². The van der Waals surface area contributed by atoms with E-state index in [1.807, 2.05) is 6.92 Å². The molecule has 5 heteroatoms. The lowest BCUT2D eigenvalue weighted by atomic mass is 10.0. The molecule has 0 aromatic heterocycles. The first kappa shape index (κ1) is 13.5. The van der Waals surface area contributed by atoms with Crippen molar-refractivity contribution < 1.29 is 19.7 Å². The van der Waals surface area contributed by atoms with Gasteiger partial charge in [-0.2, -0.15) is 0 Å². The maximum Gasteiger partial charge on any atom is 0.338 e. The van der Waals surface area contributed by atoms with Crippen LogP contribution in [0.15, 0.2) is 18.2 Å². The number of benzene rings is 1. The number of anilines is 1. The first-order chi connectivity index (χ1) is 7.97. The second-order valence-corrected chi connectivity index (χ2v) is 3.76. The van der Waals surface area contributed by atoms with E-state index >= 15 is 0 Å². The summed E-state index contributed by atoms with van der Waals surface area (Å²) in [5.74, 6) is -0.848. The van der Waals surface area contributed by atoms with Gasteiger partial charge in [0.05, 0.1) is 6.61 Å². The maximum atomic E-state index is 11.2. The van der Waals surface area contributed by atoms with E-state index in [1.165, 1.54) is 6.07 Å². The molecular weight excluding hydrogens is 222 g/mol. The summed E-state index contributed by atoms with van der Waals surface area (Å²) in [6.45, 7) is 3.60. The number of aliphatic hydroxyl groups is 2. The fourth-order valence-corrected chi connectivity index (χ4v) is 1.38. The number of aliphatic hydroxyl groups excluding tert-OH is 2. The molecule has 2 unspecified atom stereocenters. The Morgan fingerprint density at radius 2 is 2.12 bits per heavy atom. The van der Waals surface area contributed by atoms with Crippen molar-refractivity contribution in [2.75, 3.05) is 12.3 Å². The second kappa shape index (κ2) is 5.65. The monoisotopic (exact) mass is 239 g/mol. The Bertz CT molecular complexity index is 405. The van der Waals surface area contributed by atoms with Crippen LogP contribution >= 0.6 is 0 Å². The molecule has 1 aromatic rings. The molecule has 4 N–H and O–H groups in total. The number of carbonyl (C=O) groups is 1. The van der Waals surface area contributed by atoms with Crippen molar-refractivity contribution in [2.45, 2.75) is 26.1 Å². The molecule has 94 valence electrons. The predicted octanol–water partition coefficient (Wildman–Crippen LogP) is 0.535. The van der Waals surface area contributed by atoms with E-state index in [9.17, 15) is 15.0 Å². The topological polar surface area (TPSA) is 92.8 Å². The van der Waals surface area contributed by atoms with Gasteiger partial charge in [-0.3, -0.25) is 0 Å². The lowest BCUT2D eigenvalue weighted by Crippen LogP contribution is -2.29. The largest absolute Gasteiger partial charge is 0.464 e. The lowest BCUT2D eigenvalue weighted by molar-refractivity contribution is -0.159. The smallest absolute Gasteiger partial charge is 0.338 e. The molecular formula is C12H17NO4. The molecule has 17 heavy (non-hydrogen) atoms. The van der Waals surface area contributed by atoms with Crippen molar-refractivity contribution in [1.82, 2.24) is 0 Å². The molecule has 0 aliphatic rings. The summed E-state index contributed by atoms with van der Waals surface area (Å²) in [4.78, 5) is 11.2. The first-order valence-corrected chi connectivity index (χ1v) is 5.36. The van der Waals surface area contributed by atoms with Crippen molar-refractivity contribution in [3.05, 3.63) is 29.3 Å². The molecule has 0 radical (unpaired) electrons. The number of nitrogens with two attached hydrogens (primary N) is 1. The molecule has 0 aliphatic carbocycles. The van der Waals surface area contributed by atoms with Gasteiger partial charge in [-0.05, 0) is 31.0 Å². The summed E-state index contributed by atoms with van der Waals surface area (Å²) < 4.78 is 4.62. The number of nitrogen functional groups attached to an aromatic ring is 1. The number of hydrogen-bond donors (Lipinski definition) is 3. The van der Waals surface area contributed by atoms with Gasteiger partial charge in [-0.25, -0.2) is 4.79 Å². The molecule has 0 aliphatic heterocycles. The van der Waals surface area contributed by atoms with E-state index in [-0.39, 0.29) is 6.61 Å². The minimum absolute atomic E-state index is 0.151. The van der Waals surface area contributed by atoms with Gasteiger partial charge in [-0.1, -0.05) is 12.1 Å². The minimum Gasteiger partial charge on any atom is -0.464 e. The number of aryl methyl sites for hydroxylation is 1. The zero-order valence-corrected chi connectivity index (χ0v) is 9.88. The summed E-state index contributed by atoms with van der Waals surface area (Å²) in [6.07, 6.45) is -2.94. The highest BCUT2D eigenvalue weighted by Crippen LogP contribution is 2.22. The highest BCUT2D eigenvalue weighted by atomic mass is 16.5. The fourth-order valence-electron chi connectivity index (χ4n) is 1.38. The maximum absolute atomic E-state index is 11.2. The van der Waals surface area contributed by atoms with E-state index in [0.29, 0.717) is 11.3 Å². The Balaban J connectivity index is 2.84. The van der Waals surface area contributed by atoms with Gasteiger partial charge in [-0.15, -0.1) is 0 Å². The van der Waals surface area contributed by atoms with Crippen LogP contribution in [0.3, 0.4) is 0 Å². The molecule has 0 fully saturated rings. The number of hydrogen-bond acceptors (Lipinski definition) is 5. The summed E-state index contributed by atoms with van der Waals surface area (Å²) in [7, 11) is 0. The van der Waals surface area contributed by atoms with Crippen molar-refractivity contribution in [3.63, 3.8) is 0 Å². The number of esters is 1. The van der Waals surface area contributed by atoms with Crippen molar-refractivity contribution >= 4 is 11.7 Å². The van der Waals surface area contributed by atoms with Gasteiger partial charge in [0, 0.05) is 5.69 Å². The summed E-state index contributed by atoms with van der Waals surface area (Å²) in [6, 6.07) is 4.85. The molecule has 0 amide bonds. The van der Waals surface area contributed by atoms with E-state index in [0.717, 1.165) is 5.56 Å². The third-order valence-corrected chi connectivity index (χ3v) is 2.47. The molecule has 1 aromatic carbocycles. The molecule has 0 spiro atoms. The lowest BCUT2D eigenvalue weighted by Gasteiger charge is -2.17. The van der Waals surface area contributed by atoms with Gasteiger partial charge in [0.15, 0.2) is 6.10 Å².